The number of H-pyrrole nitrogens is 1. The van der Waals surface area contributed by atoms with Crippen molar-refractivity contribution in [3.63, 3.8) is 0 Å². The van der Waals surface area contributed by atoms with Gasteiger partial charge in [0.1, 0.15) is 11.2 Å². The van der Waals surface area contributed by atoms with Gasteiger partial charge in [-0.05, 0) is 30.2 Å². The number of hydrogen-bond acceptors (Lipinski definition) is 3. The highest BCUT2D eigenvalue weighted by molar-refractivity contribution is 6.03. The summed E-state index contributed by atoms with van der Waals surface area (Å²) in [6.45, 7) is 3.51. The third-order valence-electron chi connectivity index (χ3n) is 4.45. The van der Waals surface area contributed by atoms with E-state index in [0.29, 0.717) is 0 Å². The number of fused-ring (bicyclic) bond motifs is 3. The minimum absolute atomic E-state index is 0.0358. The molecule has 0 saturated carbocycles. The molecule has 6 nitrogen and oxygen atoms in total. The van der Waals surface area contributed by atoms with Crippen LogP contribution >= 0.6 is 0 Å². The van der Waals surface area contributed by atoms with Crippen LogP contribution in [-0.2, 0) is 11.8 Å². The summed E-state index contributed by atoms with van der Waals surface area (Å²) in [7, 11) is 1.98. The van der Waals surface area contributed by atoms with Crippen LogP contribution in [0.5, 0.6) is 0 Å². The van der Waals surface area contributed by atoms with Gasteiger partial charge in [-0.2, -0.15) is 0 Å². The van der Waals surface area contributed by atoms with Crippen molar-refractivity contribution in [3.05, 3.63) is 48.4 Å². The topological polar surface area (TPSA) is 75.6 Å². The van der Waals surface area contributed by atoms with E-state index in [2.05, 4.69) is 38.5 Å². The Balaban J connectivity index is 1.81. The molecule has 126 valence electrons. The van der Waals surface area contributed by atoms with Crippen LogP contribution in [0.15, 0.2) is 42.9 Å². The number of imidazole rings is 1. The molecule has 6 heteroatoms. The largest absolute Gasteiger partial charge is 0.350 e. The molecule has 0 aliphatic heterocycles. The van der Waals surface area contributed by atoms with Gasteiger partial charge in [0.2, 0.25) is 5.91 Å². The molecule has 0 fully saturated rings. The second-order valence-corrected chi connectivity index (χ2v) is 6.34. The standard InChI is InChI=1S/C19H19N5O/c1-11(22-12(2)25)13-5-4-6-14(7-13)16-8-15-18-17(21-10-24(18)3)9-20-19(15)23-16/h4-11H,1-3H3,(H,20,23)(H,22,25). The van der Waals surface area contributed by atoms with Crippen molar-refractivity contribution in [2.45, 2.75) is 19.9 Å². The molecule has 2 N–H and O–H groups in total. The predicted molar refractivity (Wildman–Crippen MR) is 98.0 cm³/mol. The van der Waals surface area contributed by atoms with Crippen molar-refractivity contribution in [3.8, 4) is 11.3 Å². The van der Waals surface area contributed by atoms with Crippen molar-refractivity contribution < 1.29 is 4.79 Å². The number of rotatable bonds is 3. The Kier molecular flexibility index (Phi) is 3.53. The van der Waals surface area contributed by atoms with Gasteiger partial charge in [0.25, 0.3) is 0 Å². The summed E-state index contributed by atoms with van der Waals surface area (Å²) in [6.07, 6.45) is 3.58. The number of aromatic amines is 1. The van der Waals surface area contributed by atoms with Gasteiger partial charge in [0, 0.05) is 25.1 Å². The number of amides is 1. The SMILES string of the molecule is CC(=O)NC(C)c1cccc(-c2cc3c(ncc4ncn(C)c43)[nH]2)c1. The quantitative estimate of drug-likeness (QED) is 0.604. The highest BCUT2D eigenvalue weighted by Gasteiger charge is 2.12. The molecule has 4 rings (SSSR count). The predicted octanol–water partition coefficient (Wildman–Crippen LogP) is 3.31. The summed E-state index contributed by atoms with van der Waals surface area (Å²) >= 11 is 0. The Bertz CT molecular complexity index is 1090. The molecule has 0 aliphatic carbocycles. The average Bonchev–Trinajstić information content (AvgIpc) is 3.18. The molecule has 0 spiro atoms. The highest BCUT2D eigenvalue weighted by Crippen LogP contribution is 2.29. The number of benzene rings is 1. The maximum atomic E-state index is 11.3. The monoisotopic (exact) mass is 333 g/mol. The molecule has 1 unspecified atom stereocenters. The lowest BCUT2D eigenvalue weighted by Crippen LogP contribution is -2.23. The van der Waals surface area contributed by atoms with E-state index < -0.39 is 0 Å². The van der Waals surface area contributed by atoms with E-state index in [4.69, 9.17) is 0 Å². The summed E-state index contributed by atoms with van der Waals surface area (Å²) in [5, 5.41) is 3.97. The summed E-state index contributed by atoms with van der Waals surface area (Å²) in [4.78, 5) is 23.5. The maximum Gasteiger partial charge on any atom is 0.217 e. The first-order valence-corrected chi connectivity index (χ1v) is 8.19. The number of nitrogens with one attached hydrogen (secondary N) is 2. The molecule has 0 radical (unpaired) electrons. The zero-order valence-corrected chi connectivity index (χ0v) is 14.4. The van der Waals surface area contributed by atoms with E-state index in [1.54, 1.807) is 12.5 Å². The molecular formula is C19H19N5O. The van der Waals surface area contributed by atoms with Gasteiger partial charge in [0.15, 0.2) is 0 Å². The lowest BCUT2D eigenvalue weighted by atomic mass is 10.0. The smallest absolute Gasteiger partial charge is 0.217 e. The molecule has 25 heavy (non-hydrogen) atoms. The number of pyridine rings is 1. The van der Waals surface area contributed by atoms with Crippen molar-refractivity contribution >= 4 is 28.0 Å². The molecule has 0 aliphatic rings. The molecule has 1 atom stereocenters. The van der Waals surface area contributed by atoms with Gasteiger partial charge in [-0.1, -0.05) is 18.2 Å². The molecule has 3 aromatic heterocycles. The van der Waals surface area contributed by atoms with Crippen LogP contribution in [0.25, 0.3) is 33.3 Å². The zero-order chi connectivity index (χ0) is 17.6. The first-order valence-electron chi connectivity index (χ1n) is 8.19. The first kappa shape index (κ1) is 15.4. The summed E-state index contributed by atoms with van der Waals surface area (Å²) in [5.74, 6) is -0.0358. The number of aryl methyl sites for hydroxylation is 1. The van der Waals surface area contributed by atoms with Crippen molar-refractivity contribution in [1.82, 2.24) is 24.8 Å². The van der Waals surface area contributed by atoms with Crippen molar-refractivity contribution in [2.75, 3.05) is 0 Å². The summed E-state index contributed by atoms with van der Waals surface area (Å²) in [5.41, 5.74) is 5.90. The molecule has 0 saturated heterocycles. The maximum absolute atomic E-state index is 11.3. The van der Waals surface area contributed by atoms with E-state index in [0.717, 1.165) is 38.9 Å². The van der Waals surface area contributed by atoms with Crippen LogP contribution in [0.4, 0.5) is 0 Å². The fourth-order valence-electron chi connectivity index (χ4n) is 3.24. The molecule has 0 bridgehead atoms. The number of hydrogen-bond donors (Lipinski definition) is 2. The molecular weight excluding hydrogens is 314 g/mol. The van der Waals surface area contributed by atoms with Crippen molar-refractivity contribution in [2.24, 2.45) is 7.05 Å². The van der Waals surface area contributed by atoms with Gasteiger partial charge in [-0.15, -0.1) is 0 Å². The van der Waals surface area contributed by atoms with Crippen LogP contribution in [0.2, 0.25) is 0 Å². The lowest BCUT2D eigenvalue weighted by molar-refractivity contribution is -0.119. The van der Waals surface area contributed by atoms with Crippen LogP contribution in [-0.4, -0.2) is 25.4 Å². The molecule has 4 aromatic rings. The third kappa shape index (κ3) is 2.65. The molecule has 3 heterocycles. The van der Waals surface area contributed by atoms with Gasteiger partial charge < -0.3 is 14.9 Å². The average molecular weight is 333 g/mol. The molecule has 1 amide bonds. The van der Waals surface area contributed by atoms with E-state index in [1.807, 2.05) is 30.7 Å². The minimum atomic E-state index is -0.0382. The Morgan fingerprint density at radius 3 is 2.92 bits per heavy atom. The Morgan fingerprint density at radius 1 is 1.28 bits per heavy atom. The van der Waals surface area contributed by atoms with E-state index in [1.165, 1.54) is 6.92 Å². The fraction of sp³-hybridized carbons (Fsp3) is 0.211. The van der Waals surface area contributed by atoms with Gasteiger partial charge >= 0.3 is 0 Å². The van der Waals surface area contributed by atoms with E-state index >= 15 is 0 Å². The van der Waals surface area contributed by atoms with E-state index in [9.17, 15) is 4.79 Å². The van der Waals surface area contributed by atoms with Crippen LogP contribution in [0.1, 0.15) is 25.5 Å². The Hall–Kier alpha value is -3.15. The molecule has 1 aromatic carbocycles. The number of aromatic nitrogens is 4. The summed E-state index contributed by atoms with van der Waals surface area (Å²) < 4.78 is 2.01. The van der Waals surface area contributed by atoms with Gasteiger partial charge in [-0.25, -0.2) is 9.97 Å². The number of carbonyl (C=O) groups is 1. The second kappa shape index (κ2) is 5.73. The fourth-order valence-corrected chi connectivity index (χ4v) is 3.24. The second-order valence-electron chi connectivity index (χ2n) is 6.34. The van der Waals surface area contributed by atoms with Gasteiger partial charge in [0.05, 0.1) is 24.1 Å². The van der Waals surface area contributed by atoms with Crippen LogP contribution < -0.4 is 5.32 Å². The lowest BCUT2D eigenvalue weighted by Gasteiger charge is -2.13. The Labute approximate surface area is 144 Å². The highest BCUT2D eigenvalue weighted by atomic mass is 16.1. The first-order chi connectivity index (χ1) is 12.0. The Morgan fingerprint density at radius 2 is 2.12 bits per heavy atom. The van der Waals surface area contributed by atoms with Gasteiger partial charge in [-0.3, -0.25) is 4.79 Å². The third-order valence-corrected chi connectivity index (χ3v) is 4.45. The number of carbonyl (C=O) groups excluding carboxylic acids is 1. The number of nitrogens with zero attached hydrogens (tertiary/aromatic N) is 3. The normalized spacial score (nSPS) is 12.6. The van der Waals surface area contributed by atoms with Crippen molar-refractivity contribution in [1.29, 1.82) is 0 Å². The minimum Gasteiger partial charge on any atom is -0.350 e. The summed E-state index contributed by atoms with van der Waals surface area (Å²) in [6, 6.07) is 10.2. The zero-order valence-electron chi connectivity index (χ0n) is 14.4. The van der Waals surface area contributed by atoms with Crippen LogP contribution in [0.3, 0.4) is 0 Å². The van der Waals surface area contributed by atoms with E-state index in [-0.39, 0.29) is 11.9 Å². The van der Waals surface area contributed by atoms with Crippen LogP contribution in [0, 0.1) is 0 Å².